The molecule has 0 radical (unpaired) electrons. The zero-order valence-electron chi connectivity index (χ0n) is 15.2. The molecule has 0 bridgehead atoms. The van der Waals surface area contributed by atoms with Crippen LogP contribution in [0.3, 0.4) is 0 Å². The number of nitrogens with one attached hydrogen (secondary N) is 2. The van der Waals surface area contributed by atoms with Crippen LogP contribution >= 0.6 is 24.0 Å². The molecule has 2 aromatic rings. The standard InChI is InChI=1S/C19H23F2N3O2.HI/c1-22-19(24-12-15-7-3-4-9-17(15)25-2)23-11-14-6-5-8-16(10-14)26-13-18(20)21;/h3-10,18H,11-13H2,1-2H3,(H2,22,23,24);1H. The zero-order chi connectivity index (χ0) is 18.8. The molecule has 0 aliphatic rings. The third kappa shape index (κ3) is 7.98. The highest BCUT2D eigenvalue weighted by atomic mass is 127. The molecule has 0 aromatic heterocycles. The molecule has 2 N–H and O–H groups in total. The summed E-state index contributed by atoms with van der Waals surface area (Å²) in [4.78, 5) is 4.18. The molecule has 0 atom stereocenters. The van der Waals surface area contributed by atoms with E-state index in [1.54, 1.807) is 32.4 Å². The van der Waals surface area contributed by atoms with Crippen molar-refractivity contribution >= 4 is 29.9 Å². The molecule has 27 heavy (non-hydrogen) atoms. The van der Waals surface area contributed by atoms with E-state index < -0.39 is 13.0 Å². The minimum absolute atomic E-state index is 0. The predicted octanol–water partition coefficient (Wildman–Crippen LogP) is 3.82. The van der Waals surface area contributed by atoms with Gasteiger partial charge in [0.05, 0.1) is 7.11 Å². The van der Waals surface area contributed by atoms with Crippen molar-refractivity contribution in [2.24, 2.45) is 4.99 Å². The van der Waals surface area contributed by atoms with Crippen molar-refractivity contribution in [1.29, 1.82) is 0 Å². The number of para-hydroxylation sites is 1. The Morgan fingerprint density at radius 3 is 2.52 bits per heavy atom. The molecule has 0 saturated carbocycles. The molecule has 0 spiro atoms. The van der Waals surface area contributed by atoms with Crippen molar-refractivity contribution in [3.8, 4) is 11.5 Å². The molecule has 2 rings (SSSR count). The molecule has 0 aliphatic heterocycles. The van der Waals surface area contributed by atoms with E-state index in [4.69, 9.17) is 9.47 Å². The van der Waals surface area contributed by atoms with E-state index in [1.807, 2.05) is 30.3 Å². The molecular weight excluding hydrogens is 467 g/mol. The van der Waals surface area contributed by atoms with Gasteiger partial charge in [0.25, 0.3) is 6.43 Å². The van der Waals surface area contributed by atoms with E-state index in [0.29, 0.717) is 24.8 Å². The first kappa shape index (κ1) is 22.9. The first-order chi connectivity index (χ1) is 12.6. The normalized spacial score (nSPS) is 10.9. The molecular formula is C19H24F2IN3O2. The van der Waals surface area contributed by atoms with Gasteiger partial charge < -0.3 is 20.1 Å². The molecule has 0 fully saturated rings. The predicted molar refractivity (Wildman–Crippen MR) is 113 cm³/mol. The molecule has 0 aliphatic carbocycles. The van der Waals surface area contributed by atoms with Gasteiger partial charge in [0, 0.05) is 25.7 Å². The van der Waals surface area contributed by atoms with E-state index in [1.165, 1.54) is 0 Å². The number of benzene rings is 2. The van der Waals surface area contributed by atoms with Crippen molar-refractivity contribution in [2.45, 2.75) is 19.5 Å². The Hall–Kier alpha value is -2.10. The Balaban J connectivity index is 0.00000364. The van der Waals surface area contributed by atoms with Crippen LogP contribution in [-0.2, 0) is 13.1 Å². The van der Waals surface area contributed by atoms with Crippen molar-refractivity contribution in [1.82, 2.24) is 10.6 Å². The second-order valence-electron chi connectivity index (χ2n) is 5.44. The van der Waals surface area contributed by atoms with Gasteiger partial charge in [0.15, 0.2) is 5.96 Å². The summed E-state index contributed by atoms with van der Waals surface area (Å²) in [6, 6.07) is 14.8. The van der Waals surface area contributed by atoms with Crippen LogP contribution in [0.15, 0.2) is 53.5 Å². The fourth-order valence-electron chi connectivity index (χ4n) is 2.34. The van der Waals surface area contributed by atoms with Crippen molar-refractivity contribution in [2.75, 3.05) is 20.8 Å². The minimum Gasteiger partial charge on any atom is -0.496 e. The summed E-state index contributed by atoms with van der Waals surface area (Å²) >= 11 is 0. The zero-order valence-corrected chi connectivity index (χ0v) is 17.6. The fourth-order valence-corrected chi connectivity index (χ4v) is 2.34. The Labute approximate surface area is 175 Å². The third-order valence-electron chi connectivity index (χ3n) is 3.60. The number of methoxy groups -OCH3 is 1. The van der Waals surface area contributed by atoms with Gasteiger partial charge >= 0.3 is 0 Å². The number of ether oxygens (including phenoxy) is 2. The van der Waals surface area contributed by atoms with Crippen molar-refractivity contribution in [3.63, 3.8) is 0 Å². The second-order valence-corrected chi connectivity index (χ2v) is 5.44. The molecule has 2 aromatic carbocycles. The Kier molecular flexibility index (Phi) is 10.5. The Bertz CT molecular complexity index is 730. The largest absolute Gasteiger partial charge is 0.496 e. The maximum atomic E-state index is 12.2. The lowest BCUT2D eigenvalue weighted by molar-refractivity contribution is 0.0818. The van der Waals surface area contributed by atoms with Crippen LogP contribution < -0.4 is 20.1 Å². The maximum Gasteiger partial charge on any atom is 0.272 e. The Morgan fingerprint density at radius 2 is 1.81 bits per heavy atom. The monoisotopic (exact) mass is 491 g/mol. The number of halogens is 3. The molecule has 8 heteroatoms. The van der Waals surface area contributed by atoms with Gasteiger partial charge in [-0.05, 0) is 23.8 Å². The van der Waals surface area contributed by atoms with Crippen LogP contribution in [0.4, 0.5) is 8.78 Å². The molecule has 5 nitrogen and oxygen atoms in total. The van der Waals surface area contributed by atoms with Crippen LogP contribution in [0, 0.1) is 0 Å². The van der Waals surface area contributed by atoms with E-state index in [0.717, 1.165) is 16.9 Å². The summed E-state index contributed by atoms with van der Waals surface area (Å²) in [6.07, 6.45) is -2.49. The van der Waals surface area contributed by atoms with E-state index in [-0.39, 0.29) is 24.0 Å². The second kappa shape index (κ2) is 12.3. The number of hydrogen-bond acceptors (Lipinski definition) is 3. The SMILES string of the molecule is CN=C(NCc1cccc(OCC(F)F)c1)NCc1ccccc1OC.I. The molecule has 0 heterocycles. The van der Waals surface area contributed by atoms with Gasteiger partial charge in [-0.1, -0.05) is 30.3 Å². The number of hydrogen-bond donors (Lipinski definition) is 2. The van der Waals surface area contributed by atoms with Crippen molar-refractivity contribution < 1.29 is 18.3 Å². The van der Waals surface area contributed by atoms with Crippen molar-refractivity contribution in [3.05, 3.63) is 59.7 Å². The summed E-state index contributed by atoms with van der Waals surface area (Å²) in [5.41, 5.74) is 1.91. The van der Waals surface area contributed by atoms with Crippen LogP contribution in [0.1, 0.15) is 11.1 Å². The number of guanidine groups is 1. The number of alkyl halides is 2. The van der Waals surface area contributed by atoms with Gasteiger partial charge in [-0.25, -0.2) is 8.78 Å². The highest BCUT2D eigenvalue weighted by molar-refractivity contribution is 14.0. The quantitative estimate of drug-likeness (QED) is 0.335. The molecule has 148 valence electrons. The van der Waals surface area contributed by atoms with E-state index in [9.17, 15) is 8.78 Å². The number of aliphatic imine (C=N–C) groups is 1. The highest BCUT2D eigenvalue weighted by Gasteiger charge is 2.06. The van der Waals surface area contributed by atoms with Gasteiger partial charge in [-0.2, -0.15) is 0 Å². The average molecular weight is 491 g/mol. The van der Waals surface area contributed by atoms with E-state index in [2.05, 4.69) is 15.6 Å². The topological polar surface area (TPSA) is 54.9 Å². The van der Waals surface area contributed by atoms with Crippen LogP contribution in [0.2, 0.25) is 0 Å². The first-order valence-electron chi connectivity index (χ1n) is 8.18. The first-order valence-corrected chi connectivity index (χ1v) is 8.18. The molecule has 0 amide bonds. The summed E-state index contributed by atoms with van der Waals surface area (Å²) in [5, 5.41) is 6.39. The maximum absolute atomic E-state index is 12.2. The Morgan fingerprint density at radius 1 is 1.07 bits per heavy atom. The average Bonchev–Trinajstić information content (AvgIpc) is 2.67. The highest BCUT2D eigenvalue weighted by Crippen LogP contribution is 2.17. The number of nitrogens with zero attached hydrogens (tertiary/aromatic N) is 1. The summed E-state index contributed by atoms with van der Waals surface area (Å²) < 4.78 is 34.8. The van der Waals surface area contributed by atoms with Gasteiger partial charge in [-0.3, -0.25) is 4.99 Å². The van der Waals surface area contributed by atoms with Crippen LogP contribution in [-0.4, -0.2) is 33.1 Å². The van der Waals surface area contributed by atoms with Gasteiger partial charge in [-0.15, -0.1) is 24.0 Å². The van der Waals surface area contributed by atoms with E-state index >= 15 is 0 Å². The number of rotatable bonds is 8. The lowest BCUT2D eigenvalue weighted by atomic mass is 10.2. The smallest absolute Gasteiger partial charge is 0.272 e. The van der Waals surface area contributed by atoms with Crippen LogP contribution in [0.25, 0.3) is 0 Å². The lowest BCUT2D eigenvalue weighted by Crippen LogP contribution is -2.36. The molecule has 0 unspecified atom stereocenters. The summed E-state index contributed by atoms with van der Waals surface area (Å²) in [7, 11) is 3.31. The summed E-state index contributed by atoms with van der Waals surface area (Å²) in [6.45, 7) is 0.428. The fraction of sp³-hybridized carbons (Fsp3) is 0.316. The minimum atomic E-state index is -2.49. The molecule has 0 saturated heterocycles. The van der Waals surface area contributed by atoms with Crippen LogP contribution in [0.5, 0.6) is 11.5 Å². The summed E-state index contributed by atoms with van der Waals surface area (Å²) in [5.74, 6) is 1.84. The lowest BCUT2D eigenvalue weighted by Gasteiger charge is -2.14. The van der Waals surface area contributed by atoms with Gasteiger partial charge in [0.2, 0.25) is 0 Å². The van der Waals surface area contributed by atoms with Gasteiger partial charge in [0.1, 0.15) is 18.1 Å². The third-order valence-corrected chi connectivity index (χ3v) is 3.60.